The standard InChI is InChI=1S/C31H41ClN4O7S/c1-31(29(39)34-44(41,42)25-12-13-25)16-22(31)8-6-4-2-3-5-7-9-27(37)36-19-24(15-26(36)28(33)38)43-30(40)35-17-20-10-11-23(32)14-21(20)18-35/h6,8,10-11,14,22,24-26H,2-5,7,9,12-13,15-19H2,1H3,(H2,33,38)(H,34,39)/b8-6-/t22-,24-,26+,31+/m1/s1. The summed E-state index contributed by atoms with van der Waals surface area (Å²) in [5.74, 6) is -1.15. The molecule has 3 N–H and O–H groups in total. The number of ether oxygens (including phenoxy) is 1. The largest absolute Gasteiger partial charge is 0.444 e. The summed E-state index contributed by atoms with van der Waals surface area (Å²) in [4.78, 5) is 53.3. The first-order valence-electron chi connectivity index (χ1n) is 15.4. The van der Waals surface area contributed by atoms with Gasteiger partial charge in [0, 0.05) is 31.0 Å². The maximum atomic E-state index is 13.0. The lowest BCUT2D eigenvalue weighted by Gasteiger charge is -2.22. The van der Waals surface area contributed by atoms with Gasteiger partial charge in [-0.1, -0.05) is 49.6 Å². The van der Waals surface area contributed by atoms with E-state index in [1.807, 2.05) is 24.3 Å². The van der Waals surface area contributed by atoms with Crippen molar-refractivity contribution in [3.8, 4) is 0 Å². The van der Waals surface area contributed by atoms with E-state index in [-0.39, 0.29) is 31.2 Å². The zero-order valence-corrected chi connectivity index (χ0v) is 26.6. The third kappa shape index (κ3) is 7.56. The Balaban J connectivity index is 0.973. The van der Waals surface area contributed by atoms with Gasteiger partial charge in [-0.2, -0.15) is 0 Å². The molecule has 4 atom stereocenters. The summed E-state index contributed by atoms with van der Waals surface area (Å²) >= 11 is 6.06. The molecule has 1 aromatic carbocycles. The number of nitrogens with zero attached hydrogens (tertiary/aromatic N) is 2. The van der Waals surface area contributed by atoms with Gasteiger partial charge in [0.2, 0.25) is 27.7 Å². The molecule has 0 bridgehead atoms. The maximum Gasteiger partial charge on any atom is 0.410 e. The number of nitrogens with one attached hydrogen (secondary N) is 1. The minimum Gasteiger partial charge on any atom is -0.444 e. The number of carbonyl (C=O) groups excluding carboxylic acids is 4. The van der Waals surface area contributed by atoms with Crippen LogP contribution in [-0.4, -0.2) is 66.0 Å². The van der Waals surface area contributed by atoms with Crippen molar-refractivity contribution < 1.29 is 32.3 Å². The molecule has 4 aliphatic rings. The molecule has 11 nitrogen and oxygen atoms in total. The van der Waals surface area contributed by atoms with E-state index in [1.54, 1.807) is 17.9 Å². The molecular weight excluding hydrogens is 608 g/mol. The highest BCUT2D eigenvalue weighted by Gasteiger charge is 2.56. The van der Waals surface area contributed by atoms with Gasteiger partial charge in [-0.15, -0.1) is 0 Å². The van der Waals surface area contributed by atoms with Crippen molar-refractivity contribution in [1.82, 2.24) is 14.5 Å². The van der Waals surface area contributed by atoms with E-state index >= 15 is 0 Å². The maximum absolute atomic E-state index is 13.0. The fraction of sp³-hybridized carbons (Fsp3) is 0.613. The third-order valence-corrected chi connectivity index (χ3v) is 11.3. The summed E-state index contributed by atoms with van der Waals surface area (Å²) in [6, 6.07) is 4.70. The Bertz CT molecular complexity index is 1450. The Morgan fingerprint density at radius 3 is 2.57 bits per heavy atom. The number of primary amides is 1. The first kappa shape index (κ1) is 32.3. The summed E-state index contributed by atoms with van der Waals surface area (Å²) in [7, 11) is -3.53. The SMILES string of the molecule is C[C@]1(C(=O)NS(=O)(=O)C2CC2)C[C@H]1/C=C\CCCCCCC(=O)N1C[C@H](OC(=O)N2Cc3ccc(Cl)cc3C2)C[C@H]1C(N)=O. The monoisotopic (exact) mass is 648 g/mol. The number of fused-ring (bicyclic) bond motifs is 1. The molecule has 0 unspecified atom stereocenters. The van der Waals surface area contributed by atoms with Crippen molar-refractivity contribution >= 4 is 45.4 Å². The number of nitrogens with two attached hydrogens (primary N) is 1. The Morgan fingerprint density at radius 2 is 1.84 bits per heavy atom. The fourth-order valence-corrected chi connectivity index (χ4v) is 7.69. The lowest BCUT2D eigenvalue weighted by molar-refractivity contribution is -0.137. The molecule has 1 aromatic rings. The topological polar surface area (TPSA) is 156 Å². The number of amides is 4. The number of likely N-dealkylation sites (tertiary alicyclic amines) is 1. The number of sulfonamides is 1. The van der Waals surface area contributed by atoms with E-state index in [0.717, 1.165) is 36.8 Å². The number of hydrogen-bond acceptors (Lipinski definition) is 7. The van der Waals surface area contributed by atoms with E-state index < -0.39 is 50.7 Å². The molecule has 2 heterocycles. The summed E-state index contributed by atoms with van der Waals surface area (Å²) in [5, 5.41) is 0.190. The van der Waals surface area contributed by atoms with Crippen molar-refractivity contribution in [2.75, 3.05) is 6.54 Å². The van der Waals surface area contributed by atoms with Crippen LogP contribution in [-0.2, 0) is 42.2 Å². The number of hydrogen-bond donors (Lipinski definition) is 2. The highest BCUT2D eigenvalue weighted by Crippen LogP contribution is 2.53. The van der Waals surface area contributed by atoms with E-state index in [1.165, 1.54) is 4.90 Å². The molecule has 2 aliphatic carbocycles. The van der Waals surface area contributed by atoms with Crippen molar-refractivity contribution in [3.63, 3.8) is 0 Å². The van der Waals surface area contributed by atoms with Crippen LogP contribution in [0.25, 0.3) is 0 Å². The molecular formula is C31H41ClN4O7S. The number of halogens is 1. The fourth-order valence-electron chi connectivity index (χ4n) is 6.08. The molecule has 0 radical (unpaired) electrons. The van der Waals surface area contributed by atoms with Crippen LogP contribution in [0.2, 0.25) is 5.02 Å². The molecule has 0 aromatic heterocycles. The Morgan fingerprint density at radius 1 is 1.11 bits per heavy atom. The first-order valence-corrected chi connectivity index (χ1v) is 17.3. The van der Waals surface area contributed by atoms with Crippen molar-refractivity contribution in [2.45, 2.75) is 102 Å². The van der Waals surface area contributed by atoms with E-state index in [4.69, 9.17) is 22.1 Å². The lowest BCUT2D eigenvalue weighted by atomic mass is 10.1. The highest BCUT2D eigenvalue weighted by atomic mass is 35.5. The zero-order valence-electron chi connectivity index (χ0n) is 25.0. The van der Waals surface area contributed by atoms with Gasteiger partial charge >= 0.3 is 6.09 Å². The molecule has 2 saturated carbocycles. The van der Waals surface area contributed by atoms with Crippen LogP contribution in [0.15, 0.2) is 30.4 Å². The minimum atomic E-state index is -3.53. The quantitative estimate of drug-likeness (QED) is 0.244. The number of allylic oxidation sites excluding steroid dienone is 2. The molecule has 5 rings (SSSR count). The number of rotatable bonds is 13. The minimum absolute atomic E-state index is 0.0436. The highest BCUT2D eigenvalue weighted by molar-refractivity contribution is 7.90. The molecule has 3 fully saturated rings. The van der Waals surface area contributed by atoms with E-state index in [9.17, 15) is 27.6 Å². The third-order valence-electron chi connectivity index (χ3n) is 9.23. The van der Waals surface area contributed by atoms with Crippen molar-refractivity contribution in [2.24, 2.45) is 17.1 Å². The van der Waals surface area contributed by atoms with Gasteiger partial charge in [0.25, 0.3) is 0 Å². The van der Waals surface area contributed by atoms with Gasteiger partial charge in [-0.3, -0.25) is 24.0 Å². The van der Waals surface area contributed by atoms with Crippen LogP contribution < -0.4 is 10.5 Å². The molecule has 44 heavy (non-hydrogen) atoms. The molecule has 240 valence electrons. The van der Waals surface area contributed by atoms with Gasteiger partial charge < -0.3 is 15.4 Å². The molecule has 0 spiro atoms. The zero-order chi connectivity index (χ0) is 31.6. The number of benzene rings is 1. The van der Waals surface area contributed by atoms with Gasteiger partial charge in [0.05, 0.1) is 17.2 Å². The van der Waals surface area contributed by atoms with Crippen molar-refractivity contribution in [1.29, 1.82) is 0 Å². The van der Waals surface area contributed by atoms with Crippen LogP contribution >= 0.6 is 11.6 Å². The predicted molar refractivity (Wildman–Crippen MR) is 163 cm³/mol. The normalized spacial score (nSPS) is 26.1. The van der Waals surface area contributed by atoms with Gasteiger partial charge in [0.1, 0.15) is 12.1 Å². The Kier molecular flexibility index (Phi) is 9.60. The summed E-state index contributed by atoms with van der Waals surface area (Å²) in [6.07, 6.45) is 9.48. The predicted octanol–water partition coefficient (Wildman–Crippen LogP) is 3.78. The van der Waals surface area contributed by atoms with Crippen LogP contribution in [0.3, 0.4) is 0 Å². The van der Waals surface area contributed by atoms with Crippen LogP contribution in [0, 0.1) is 11.3 Å². The Hall–Kier alpha value is -3.12. The molecule has 13 heteroatoms. The van der Waals surface area contributed by atoms with Gasteiger partial charge in [-0.05, 0) is 67.7 Å². The van der Waals surface area contributed by atoms with Crippen LogP contribution in [0.1, 0.15) is 82.3 Å². The van der Waals surface area contributed by atoms with Gasteiger partial charge in [0.15, 0.2) is 0 Å². The number of unbranched alkanes of at least 4 members (excludes halogenated alkanes) is 4. The summed E-state index contributed by atoms with van der Waals surface area (Å²) < 4.78 is 32.0. The average molecular weight is 649 g/mol. The van der Waals surface area contributed by atoms with Crippen molar-refractivity contribution in [3.05, 3.63) is 46.5 Å². The molecule has 1 saturated heterocycles. The second-order valence-corrected chi connectivity index (χ2v) is 15.2. The van der Waals surface area contributed by atoms with Crippen LogP contribution in [0.5, 0.6) is 0 Å². The Labute approximate surface area is 263 Å². The second kappa shape index (κ2) is 13.1. The first-order chi connectivity index (χ1) is 20.9. The second-order valence-electron chi connectivity index (χ2n) is 12.8. The molecule has 2 aliphatic heterocycles. The van der Waals surface area contributed by atoms with E-state index in [0.29, 0.717) is 43.8 Å². The van der Waals surface area contributed by atoms with E-state index in [2.05, 4.69) is 4.72 Å². The lowest BCUT2D eigenvalue weighted by Crippen LogP contribution is -2.43. The van der Waals surface area contributed by atoms with Gasteiger partial charge in [-0.25, -0.2) is 13.2 Å². The molecule has 4 amide bonds. The number of carbonyl (C=O) groups is 4. The summed E-state index contributed by atoms with van der Waals surface area (Å²) in [6.45, 7) is 2.75. The average Bonchev–Trinajstić information content (AvgIpc) is 3.84. The van der Waals surface area contributed by atoms with Crippen LogP contribution in [0.4, 0.5) is 4.79 Å². The smallest absolute Gasteiger partial charge is 0.410 e. The summed E-state index contributed by atoms with van der Waals surface area (Å²) in [5.41, 5.74) is 6.90.